The van der Waals surface area contributed by atoms with E-state index in [4.69, 9.17) is 4.74 Å². The van der Waals surface area contributed by atoms with E-state index in [1.807, 2.05) is 24.3 Å². The number of ether oxygens (including phenoxy) is 1. The van der Waals surface area contributed by atoms with Crippen LogP contribution in [0.4, 0.5) is 11.4 Å². The van der Waals surface area contributed by atoms with Crippen LogP contribution < -0.4 is 20.7 Å². The molecule has 0 bridgehead atoms. The Kier molecular flexibility index (Phi) is 9.47. The van der Waals surface area contributed by atoms with Gasteiger partial charge in [-0.25, -0.2) is 0 Å². The van der Waals surface area contributed by atoms with E-state index >= 15 is 0 Å². The average Bonchev–Trinajstić information content (AvgIpc) is 2.97. The molecule has 0 unspecified atom stereocenters. The predicted octanol–water partition coefficient (Wildman–Crippen LogP) is 5.23. The standard InChI is InChI=1S/C30H26N4O4S/c1-38-27-13-6-5-10-22(27)18-26(34-29(36)21-8-3-2-4-9-21)30(37)33-24-11-7-12-25(19-24)39-20-28(35)32-23-14-16-31-17-15-23/h2-19H,20H2,1H3,(H,33,37)(H,34,36)(H,31,32,35)/b26-18+. The number of nitrogens with one attached hydrogen (secondary N) is 3. The van der Waals surface area contributed by atoms with E-state index in [0.29, 0.717) is 28.3 Å². The first-order chi connectivity index (χ1) is 19.0. The average molecular weight is 539 g/mol. The summed E-state index contributed by atoms with van der Waals surface area (Å²) in [4.78, 5) is 43.3. The maximum atomic E-state index is 13.4. The number of pyridine rings is 1. The smallest absolute Gasteiger partial charge is 0.272 e. The summed E-state index contributed by atoms with van der Waals surface area (Å²) in [5.74, 6) is -0.350. The fourth-order valence-electron chi connectivity index (χ4n) is 3.53. The second kappa shape index (κ2) is 13.6. The van der Waals surface area contributed by atoms with Crippen LogP contribution in [0, 0.1) is 0 Å². The number of methoxy groups -OCH3 is 1. The number of anilines is 2. The quantitative estimate of drug-likeness (QED) is 0.188. The summed E-state index contributed by atoms with van der Waals surface area (Å²) in [6.45, 7) is 0. The van der Waals surface area contributed by atoms with E-state index in [-0.39, 0.29) is 17.4 Å². The van der Waals surface area contributed by atoms with Gasteiger partial charge in [-0.05, 0) is 54.6 Å². The molecule has 196 valence electrons. The third-order valence-electron chi connectivity index (χ3n) is 5.39. The van der Waals surface area contributed by atoms with Crippen LogP contribution in [0.3, 0.4) is 0 Å². The Hall–Kier alpha value is -4.89. The fraction of sp³-hybridized carbons (Fsp3) is 0.0667. The number of carbonyl (C=O) groups is 3. The molecule has 0 radical (unpaired) electrons. The molecule has 9 heteroatoms. The summed E-state index contributed by atoms with van der Waals surface area (Å²) in [6, 6.07) is 26.4. The van der Waals surface area contributed by atoms with Crippen molar-refractivity contribution in [2.24, 2.45) is 0 Å². The Balaban J connectivity index is 1.48. The summed E-state index contributed by atoms with van der Waals surface area (Å²) < 4.78 is 5.41. The molecule has 1 aromatic heterocycles. The van der Waals surface area contributed by atoms with Crippen molar-refractivity contribution in [1.82, 2.24) is 10.3 Å². The second-order valence-corrected chi connectivity index (χ2v) is 9.22. The van der Waals surface area contributed by atoms with Crippen molar-refractivity contribution in [1.29, 1.82) is 0 Å². The minimum absolute atomic E-state index is 0.0446. The monoisotopic (exact) mass is 538 g/mol. The van der Waals surface area contributed by atoms with E-state index in [9.17, 15) is 14.4 Å². The first-order valence-corrected chi connectivity index (χ1v) is 13.0. The van der Waals surface area contributed by atoms with Crippen LogP contribution >= 0.6 is 11.8 Å². The molecule has 4 rings (SSSR count). The van der Waals surface area contributed by atoms with Gasteiger partial charge in [0, 0.05) is 39.8 Å². The van der Waals surface area contributed by atoms with Crippen molar-refractivity contribution in [3.8, 4) is 5.75 Å². The molecule has 0 aliphatic carbocycles. The number of amides is 3. The van der Waals surface area contributed by atoms with Crippen LogP contribution in [0.1, 0.15) is 15.9 Å². The molecule has 8 nitrogen and oxygen atoms in total. The molecule has 3 N–H and O–H groups in total. The van der Waals surface area contributed by atoms with Gasteiger partial charge in [-0.3, -0.25) is 19.4 Å². The molecule has 0 aliphatic rings. The van der Waals surface area contributed by atoms with E-state index in [1.54, 1.807) is 85.2 Å². The van der Waals surface area contributed by atoms with Gasteiger partial charge >= 0.3 is 0 Å². The van der Waals surface area contributed by atoms with Crippen LogP contribution in [0.15, 0.2) is 114 Å². The van der Waals surface area contributed by atoms with E-state index < -0.39 is 11.8 Å². The molecule has 0 saturated heterocycles. The zero-order valence-electron chi connectivity index (χ0n) is 21.1. The normalized spacial score (nSPS) is 10.8. The number of nitrogens with zero attached hydrogens (tertiary/aromatic N) is 1. The number of rotatable bonds is 10. The lowest BCUT2D eigenvalue weighted by atomic mass is 10.1. The van der Waals surface area contributed by atoms with Crippen molar-refractivity contribution >= 4 is 46.9 Å². The zero-order valence-corrected chi connectivity index (χ0v) is 21.9. The molecule has 39 heavy (non-hydrogen) atoms. The highest BCUT2D eigenvalue weighted by Gasteiger charge is 2.16. The molecule has 1 heterocycles. The van der Waals surface area contributed by atoms with Crippen molar-refractivity contribution in [3.05, 3.63) is 120 Å². The summed E-state index contributed by atoms with van der Waals surface area (Å²) >= 11 is 1.33. The van der Waals surface area contributed by atoms with Crippen LogP contribution in [0.25, 0.3) is 6.08 Å². The lowest BCUT2D eigenvalue weighted by molar-refractivity contribution is -0.114. The topological polar surface area (TPSA) is 109 Å². The minimum Gasteiger partial charge on any atom is -0.496 e. The maximum Gasteiger partial charge on any atom is 0.272 e. The van der Waals surface area contributed by atoms with E-state index in [1.165, 1.54) is 18.9 Å². The SMILES string of the molecule is COc1ccccc1/C=C(/NC(=O)c1ccccc1)C(=O)Nc1cccc(SCC(=O)Nc2ccncc2)c1. The number of thioether (sulfide) groups is 1. The largest absolute Gasteiger partial charge is 0.496 e. The number of carbonyl (C=O) groups excluding carboxylic acids is 3. The summed E-state index contributed by atoms with van der Waals surface area (Å²) in [5, 5.41) is 8.37. The molecular formula is C30H26N4O4S. The van der Waals surface area contributed by atoms with Gasteiger partial charge in [0.25, 0.3) is 11.8 Å². The molecule has 0 saturated carbocycles. The van der Waals surface area contributed by atoms with Crippen molar-refractivity contribution in [3.63, 3.8) is 0 Å². The van der Waals surface area contributed by atoms with Crippen molar-refractivity contribution in [2.75, 3.05) is 23.5 Å². The van der Waals surface area contributed by atoms with E-state index in [0.717, 1.165) is 4.90 Å². The van der Waals surface area contributed by atoms with E-state index in [2.05, 4.69) is 20.9 Å². The van der Waals surface area contributed by atoms with Gasteiger partial charge in [0.05, 0.1) is 12.9 Å². The third-order valence-corrected chi connectivity index (χ3v) is 6.39. The second-order valence-electron chi connectivity index (χ2n) is 8.17. The molecule has 0 atom stereocenters. The minimum atomic E-state index is -0.511. The molecular weight excluding hydrogens is 512 g/mol. The van der Waals surface area contributed by atoms with Crippen molar-refractivity contribution < 1.29 is 19.1 Å². The highest BCUT2D eigenvalue weighted by atomic mass is 32.2. The van der Waals surface area contributed by atoms with Gasteiger partial charge < -0.3 is 20.7 Å². The van der Waals surface area contributed by atoms with Crippen LogP contribution in [0.2, 0.25) is 0 Å². The first kappa shape index (κ1) is 27.2. The number of aromatic nitrogens is 1. The lowest BCUT2D eigenvalue weighted by Gasteiger charge is -2.13. The van der Waals surface area contributed by atoms with Crippen LogP contribution in [-0.2, 0) is 9.59 Å². The Morgan fingerprint density at radius 1 is 0.846 bits per heavy atom. The van der Waals surface area contributed by atoms with Gasteiger partial charge in [0.15, 0.2) is 0 Å². The number of hydrogen-bond acceptors (Lipinski definition) is 6. The summed E-state index contributed by atoms with van der Waals surface area (Å²) in [6.07, 6.45) is 4.78. The Morgan fingerprint density at radius 3 is 2.36 bits per heavy atom. The highest BCUT2D eigenvalue weighted by molar-refractivity contribution is 8.00. The summed E-state index contributed by atoms with van der Waals surface area (Å²) in [7, 11) is 1.54. The zero-order chi connectivity index (χ0) is 27.5. The van der Waals surface area contributed by atoms with Gasteiger partial charge in [0.1, 0.15) is 11.4 Å². The molecule has 0 spiro atoms. The Morgan fingerprint density at radius 2 is 1.59 bits per heavy atom. The number of hydrogen-bond donors (Lipinski definition) is 3. The van der Waals surface area contributed by atoms with Gasteiger partial charge in [-0.2, -0.15) is 0 Å². The summed E-state index contributed by atoms with van der Waals surface area (Å²) in [5.41, 5.74) is 2.27. The third kappa shape index (κ3) is 8.05. The van der Waals surface area contributed by atoms with Crippen molar-refractivity contribution in [2.45, 2.75) is 4.90 Å². The van der Waals surface area contributed by atoms with Crippen LogP contribution in [-0.4, -0.2) is 35.6 Å². The molecule has 0 aliphatic heterocycles. The Labute approximate surface area is 230 Å². The Bertz CT molecular complexity index is 1480. The van der Waals surface area contributed by atoms with Crippen LogP contribution in [0.5, 0.6) is 5.75 Å². The number of benzene rings is 3. The molecule has 3 amide bonds. The fourth-order valence-corrected chi connectivity index (χ4v) is 4.28. The highest BCUT2D eigenvalue weighted by Crippen LogP contribution is 2.24. The van der Waals surface area contributed by atoms with Gasteiger partial charge in [-0.15, -0.1) is 11.8 Å². The molecule has 3 aromatic carbocycles. The number of para-hydroxylation sites is 1. The van der Waals surface area contributed by atoms with Gasteiger partial charge in [0.2, 0.25) is 5.91 Å². The predicted molar refractivity (Wildman–Crippen MR) is 154 cm³/mol. The lowest BCUT2D eigenvalue weighted by Crippen LogP contribution is -2.30. The molecule has 4 aromatic rings. The molecule has 0 fully saturated rings. The first-order valence-electron chi connectivity index (χ1n) is 12.0. The van der Waals surface area contributed by atoms with Gasteiger partial charge in [-0.1, -0.05) is 42.5 Å². The maximum absolute atomic E-state index is 13.4.